The molecule has 1 aromatic carbocycles. The minimum atomic E-state index is -0.314. The average Bonchev–Trinajstić information content (AvgIpc) is 3.11. The molecule has 3 aromatic rings. The molecule has 1 aliphatic rings. The second-order valence-corrected chi connectivity index (χ2v) is 7.88. The number of fused-ring (bicyclic) bond motifs is 1. The molecule has 9 heteroatoms. The third-order valence-electron chi connectivity index (χ3n) is 4.78. The number of piperidine rings is 1. The van der Waals surface area contributed by atoms with Crippen LogP contribution in [0.15, 0.2) is 35.1 Å². The van der Waals surface area contributed by atoms with E-state index in [0.29, 0.717) is 28.9 Å². The molecule has 1 saturated heterocycles. The van der Waals surface area contributed by atoms with Gasteiger partial charge in [0.25, 0.3) is 5.56 Å². The van der Waals surface area contributed by atoms with E-state index in [1.165, 1.54) is 34.1 Å². The van der Waals surface area contributed by atoms with Crippen molar-refractivity contribution in [3.63, 3.8) is 0 Å². The molecule has 0 radical (unpaired) electrons. The maximum atomic E-state index is 13.3. The van der Waals surface area contributed by atoms with Gasteiger partial charge in [0.2, 0.25) is 16.0 Å². The summed E-state index contributed by atoms with van der Waals surface area (Å²) in [5.74, 6) is -0.549. The molecule has 1 amide bonds. The van der Waals surface area contributed by atoms with Crippen molar-refractivity contribution in [1.82, 2.24) is 19.9 Å². The van der Waals surface area contributed by atoms with Gasteiger partial charge in [0, 0.05) is 31.4 Å². The maximum Gasteiger partial charge on any atom is 0.275 e. The lowest BCUT2D eigenvalue weighted by Gasteiger charge is -2.31. The van der Waals surface area contributed by atoms with Gasteiger partial charge < -0.3 is 10.2 Å². The van der Waals surface area contributed by atoms with Crippen LogP contribution in [0.3, 0.4) is 0 Å². The molecule has 0 bridgehead atoms. The lowest BCUT2D eigenvalue weighted by atomic mass is 9.97. The van der Waals surface area contributed by atoms with Crippen LogP contribution in [-0.2, 0) is 11.3 Å². The molecule has 1 N–H and O–H groups in total. The molecule has 0 saturated carbocycles. The Morgan fingerprint density at radius 1 is 1.39 bits per heavy atom. The van der Waals surface area contributed by atoms with E-state index in [-0.39, 0.29) is 23.2 Å². The molecule has 3 heterocycles. The monoisotopic (exact) mass is 401 g/mol. The molecule has 1 atom stereocenters. The molecule has 0 spiro atoms. The fourth-order valence-corrected chi connectivity index (χ4v) is 4.37. The highest BCUT2D eigenvalue weighted by Crippen LogP contribution is 2.27. The first-order valence-electron chi connectivity index (χ1n) is 9.14. The van der Waals surface area contributed by atoms with Crippen LogP contribution < -0.4 is 15.8 Å². The topological polar surface area (TPSA) is 79.6 Å². The number of carbonyl (C=O) groups is 1. The molecule has 0 unspecified atom stereocenters. The van der Waals surface area contributed by atoms with Gasteiger partial charge in [0.15, 0.2) is 0 Å². The lowest BCUT2D eigenvalue weighted by Crippen LogP contribution is -2.43. The van der Waals surface area contributed by atoms with Gasteiger partial charge in [-0.05, 0) is 37.5 Å². The van der Waals surface area contributed by atoms with Crippen LogP contribution in [-0.4, -0.2) is 33.6 Å². The Bertz CT molecular complexity index is 1080. The zero-order chi connectivity index (χ0) is 19.7. The fourth-order valence-electron chi connectivity index (χ4n) is 3.38. The molecule has 2 aromatic heterocycles. The van der Waals surface area contributed by atoms with Crippen molar-refractivity contribution in [3.8, 4) is 0 Å². The van der Waals surface area contributed by atoms with Gasteiger partial charge in [-0.2, -0.15) is 4.52 Å². The number of carbonyl (C=O) groups excluding carboxylic acids is 1. The smallest absolute Gasteiger partial charge is 0.275 e. The van der Waals surface area contributed by atoms with Crippen LogP contribution >= 0.6 is 11.3 Å². The molecular formula is C19H20FN5O2S. The second-order valence-electron chi connectivity index (χ2n) is 6.95. The van der Waals surface area contributed by atoms with Crippen LogP contribution in [0.5, 0.6) is 0 Å². The second kappa shape index (κ2) is 7.67. The third kappa shape index (κ3) is 3.89. The first kappa shape index (κ1) is 18.5. The predicted octanol–water partition coefficient (Wildman–Crippen LogP) is 2.13. The molecular weight excluding hydrogens is 381 g/mol. The summed E-state index contributed by atoms with van der Waals surface area (Å²) < 4.78 is 14.6. The Balaban J connectivity index is 1.44. The van der Waals surface area contributed by atoms with E-state index in [1.54, 1.807) is 19.1 Å². The van der Waals surface area contributed by atoms with E-state index in [9.17, 15) is 14.0 Å². The minimum absolute atomic E-state index is 0.0544. The number of aryl methyl sites for hydroxylation is 1. The SMILES string of the molecule is Cc1cc(=O)n2nc(N3CCC[C@@H](C(=O)NCc4cccc(F)c4)C3)sc2n1. The summed E-state index contributed by atoms with van der Waals surface area (Å²) in [4.78, 5) is 31.6. The van der Waals surface area contributed by atoms with Gasteiger partial charge in [-0.1, -0.05) is 23.5 Å². The largest absolute Gasteiger partial charge is 0.352 e. The van der Waals surface area contributed by atoms with E-state index in [1.807, 2.05) is 4.90 Å². The Hall–Kier alpha value is -2.81. The van der Waals surface area contributed by atoms with Gasteiger partial charge >= 0.3 is 0 Å². The normalized spacial score (nSPS) is 17.1. The number of halogens is 1. The number of nitrogens with one attached hydrogen (secondary N) is 1. The van der Waals surface area contributed by atoms with Crippen molar-refractivity contribution in [1.29, 1.82) is 0 Å². The van der Waals surface area contributed by atoms with Crippen molar-refractivity contribution < 1.29 is 9.18 Å². The fraction of sp³-hybridized carbons (Fsp3) is 0.368. The number of hydrogen-bond donors (Lipinski definition) is 1. The number of anilines is 1. The number of amides is 1. The average molecular weight is 401 g/mol. The Kier molecular flexibility index (Phi) is 5.08. The summed E-state index contributed by atoms with van der Waals surface area (Å²) in [6.45, 7) is 3.39. The predicted molar refractivity (Wildman–Crippen MR) is 105 cm³/mol. The van der Waals surface area contributed by atoms with E-state index in [0.717, 1.165) is 24.9 Å². The van der Waals surface area contributed by atoms with Crippen LogP contribution in [0.4, 0.5) is 9.52 Å². The number of nitrogens with zero attached hydrogens (tertiary/aromatic N) is 4. The zero-order valence-electron chi connectivity index (χ0n) is 15.4. The molecule has 28 heavy (non-hydrogen) atoms. The van der Waals surface area contributed by atoms with E-state index in [4.69, 9.17) is 0 Å². The number of benzene rings is 1. The third-order valence-corrected chi connectivity index (χ3v) is 5.75. The van der Waals surface area contributed by atoms with E-state index >= 15 is 0 Å². The quantitative estimate of drug-likeness (QED) is 0.725. The molecule has 0 aliphatic carbocycles. The van der Waals surface area contributed by atoms with E-state index in [2.05, 4.69) is 15.4 Å². The molecule has 4 rings (SSSR count). The maximum absolute atomic E-state index is 13.3. The lowest BCUT2D eigenvalue weighted by molar-refractivity contribution is -0.125. The van der Waals surface area contributed by atoms with Gasteiger partial charge in [-0.25, -0.2) is 9.37 Å². The van der Waals surface area contributed by atoms with Gasteiger partial charge in [-0.3, -0.25) is 9.59 Å². The van der Waals surface area contributed by atoms with E-state index < -0.39 is 0 Å². The standard InChI is InChI=1S/C19H20FN5O2S/c1-12-8-16(26)25-18(22-12)28-19(23-25)24-7-3-5-14(11-24)17(27)21-10-13-4-2-6-15(20)9-13/h2,4,6,8-9,14H,3,5,7,10-11H2,1H3,(H,21,27)/t14-/m1/s1. The summed E-state index contributed by atoms with van der Waals surface area (Å²) in [5, 5.41) is 7.97. The highest BCUT2D eigenvalue weighted by molar-refractivity contribution is 7.20. The van der Waals surface area contributed by atoms with Crippen molar-refractivity contribution in [3.05, 3.63) is 57.8 Å². The first-order valence-corrected chi connectivity index (χ1v) is 9.96. The number of hydrogen-bond acceptors (Lipinski definition) is 6. The molecule has 1 aliphatic heterocycles. The molecule has 7 nitrogen and oxygen atoms in total. The Morgan fingerprint density at radius 3 is 3.07 bits per heavy atom. The minimum Gasteiger partial charge on any atom is -0.352 e. The van der Waals surface area contributed by atoms with Crippen LogP contribution in [0.1, 0.15) is 24.1 Å². The summed E-state index contributed by atoms with van der Waals surface area (Å²) in [7, 11) is 0. The van der Waals surface area contributed by atoms with Gasteiger partial charge in [0.1, 0.15) is 5.82 Å². The first-order chi connectivity index (χ1) is 13.5. The molecule has 1 fully saturated rings. The Morgan fingerprint density at radius 2 is 2.25 bits per heavy atom. The van der Waals surface area contributed by atoms with Crippen molar-refractivity contribution in [2.45, 2.75) is 26.3 Å². The number of aromatic nitrogens is 3. The summed E-state index contributed by atoms with van der Waals surface area (Å²) >= 11 is 1.35. The van der Waals surface area contributed by atoms with Crippen LogP contribution in [0, 0.1) is 18.7 Å². The number of rotatable bonds is 4. The summed E-state index contributed by atoms with van der Waals surface area (Å²) in [6, 6.07) is 7.66. The Labute approximate surface area is 164 Å². The summed E-state index contributed by atoms with van der Waals surface area (Å²) in [5.41, 5.74) is 1.19. The van der Waals surface area contributed by atoms with Crippen molar-refractivity contribution in [2.24, 2.45) is 5.92 Å². The summed E-state index contributed by atoms with van der Waals surface area (Å²) in [6.07, 6.45) is 1.64. The van der Waals surface area contributed by atoms with Crippen LogP contribution in [0.25, 0.3) is 4.96 Å². The van der Waals surface area contributed by atoms with Crippen molar-refractivity contribution in [2.75, 3.05) is 18.0 Å². The van der Waals surface area contributed by atoms with Crippen LogP contribution in [0.2, 0.25) is 0 Å². The van der Waals surface area contributed by atoms with Gasteiger partial charge in [-0.15, -0.1) is 5.10 Å². The highest BCUT2D eigenvalue weighted by atomic mass is 32.1. The van der Waals surface area contributed by atoms with Crippen molar-refractivity contribution >= 4 is 27.3 Å². The van der Waals surface area contributed by atoms with Gasteiger partial charge in [0.05, 0.1) is 5.92 Å². The molecule has 146 valence electrons. The zero-order valence-corrected chi connectivity index (χ0v) is 16.2. The highest BCUT2D eigenvalue weighted by Gasteiger charge is 2.27.